The molecule has 1 aromatic rings. The topological polar surface area (TPSA) is 83.4 Å². The zero-order valence-electron chi connectivity index (χ0n) is 18.8. The van der Waals surface area contributed by atoms with Crippen LogP contribution in [-0.4, -0.2) is 53.0 Å². The summed E-state index contributed by atoms with van der Waals surface area (Å²) in [6.07, 6.45) is 7.07. The van der Waals surface area contributed by atoms with Crippen molar-refractivity contribution in [3.8, 4) is 0 Å². The highest BCUT2D eigenvalue weighted by Gasteiger charge is 2.43. The van der Waals surface area contributed by atoms with Gasteiger partial charge in [0.15, 0.2) is 0 Å². The minimum absolute atomic E-state index is 0. The monoisotopic (exact) mass is 462 g/mol. The number of nitrogens with zero attached hydrogens (tertiary/aromatic N) is 2. The second-order valence-electron chi connectivity index (χ2n) is 10.1. The molecule has 2 N–H and O–H groups in total. The molecule has 0 aromatic carbocycles. The molecule has 3 aliphatic heterocycles. The molecule has 2 bridgehead atoms. The molecule has 3 fully saturated rings. The molecule has 7 nitrogen and oxygen atoms in total. The quantitative estimate of drug-likeness (QED) is 0.718. The van der Waals surface area contributed by atoms with Gasteiger partial charge in [0.05, 0.1) is 12.1 Å². The number of hydrogen-bond donors (Lipinski definition) is 2. The number of amides is 2. The molecule has 0 unspecified atom stereocenters. The van der Waals surface area contributed by atoms with E-state index in [-0.39, 0.29) is 59.6 Å². The van der Waals surface area contributed by atoms with Gasteiger partial charge in [-0.05, 0) is 51.0 Å². The summed E-state index contributed by atoms with van der Waals surface area (Å²) in [5.74, 6) is 0.788. The Bertz CT molecular complexity index is 913. The first-order valence-electron chi connectivity index (χ1n) is 12.0. The van der Waals surface area contributed by atoms with Crippen molar-refractivity contribution in [3.05, 3.63) is 34.2 Å². The highest BCUT2D eigenvalue weighted by atomic mass is 35.5. The molecule has 4 aliphatic rings. The Kier molecular flexibility index (Phi) is 6.96. The summed E-state index contributed by atoms with van der Waals surface area (Å²) < 4.78 is 1.91. The van der Waals surface area contributed by atoms with Crippen LogP contribution in [0.4, 0.5) is 0 Å². The number of aromatic nitrogens is 1. The van der Waals surface area contributed by atoms with Crippen LogP contribution in [0, 0.1) is 11.8 Å². The maximum atomic E-state index is 13.2. The molecule has 1 saturated carbocycles. The van der Waals surface area contributed by atoms with Gasteiger partial charge in [0.25, 0.3) is 5.56 Å². The van der Waals surface area contributed by atoms with Gasteiger partial charge in [-0.1, -0.05) is 18.9 Å². The molecule has 1 aromatic heterocycles. The number of nitrogens with one attached hydrogen (secondary N) is 2. The average molecular weight is 463 g/mol. The van der Waals surface area contributed by atoms with Crippen molar-refractivity contribution >= 4 is 24.2 Å². The van der Waals surface area contributed by atoms with Crippen LogP contribution in [0.5, 0.6) is 0 Å². The van der Waals surface area contributed by atoms with Crippen LogP contribution in [0.25, 0.3) is 0 Å². The molecular weight excluding hydrogens is 428 g/mol. The summed E-state index contributed by atoms with van der Waals surface area (Å²) in [6.45, 7) is 3.92. The summed E-state index contributed by atoms with van der Waals surface area (Å²) >= 11 is 0. The maximum Gasteiger partial charge on any atom is 0.251 e. The maximum absolute atomic E-state index is 13.2. The first-order valence-corrected chi connectivity index (χ1v) is 12.0. The van der Waals surface area contributed by atoms with E-state index in [1.165, 1.54) is 0 Å². The van der Waals surface area contributed by atoms with E-state index in [0.717, 1.165) is 50.6 Å². The lowest BCUT2D eigenvalue weighted by Crippen LogP contribution is -2.56. The second kappa shape index (κ2) is 9.56. The molecule has 32 heavy (non-hydrogen) atoms. The van der Waals surface area contributed by atoms with Crippen LogP contribution < -0.4 is 16.2 Å². The molecule has 1 aliphatic carbocycles. The van der Waals surface area contributed by atoms with Gasteiger partial charge in [-0.25, -0.2) is 0 Å². The van der Waals surface area contributed by atoms with E-state index in [0.29, 0.717) is 25.7 Å². The van der Waals surface area contributed by atoms with Gasteiger partial charge in [0, 0.05) is 49.3 Å². The normalized spacial score (nSPS) is 31.7. The van der Waals surface area contributed by atoms with Crippen LogP contribution in [-0.2, 0) is 9.59 Å². The van der Waals surface area contributed by atoms with Crippen molar-refractivity contribution in [1.82, 2.24) is 20.1 Å². The predicted molar refractivity (Wildman–Crippen MR) is 125 cm³/mol. The van der Waals surface area contributed by atoms with Gasteiger partial charge < -0.3 is 20.1 Å². The molecule has 4 heterocycles. The molecule has 176 valence electrons. The molecule has 5 atom stereocenters. The van der Waals surface area contributed by atoms with E-state index in [1.54, 1.807) is 6.07 Å². The fraction of sp³-hybridized carbons (Fsp3) is 0.708. The summed E-state index contributed by atoms with van der Waals surface area (Å²) in [7, 11) is 0. The number of piperidine rings is 1. The molecule has 2 amide bonds. The number of likely N-dealkylation sites (tertiary alicyclic amines) is 1. The van der Waals surface area contributed by atoms with Crippen LogP contribution in [0.15, 0.2) is 23.0 Å². The van der Waals surface area contributed by atoms with E-state index >= 15 is 0 Å². The Hall–Kier alpha value is -1.86. The van der Waals surface area contributed by atoms with Crippen LogP contribution in [0.1, 0.15) is 69.5 Å². The van der Waals surface area contributed by atoms with Crippen molar-refractivity contribution < 1.29 is 9.59 Å². The van der Waals surface area contributed by atoms with Gasteiger partial charge >= 0.3 is 0 Å². The number of pyridine rings is 1. The Labute approximate surface area is 195 Å². The Morgan fingerprint density at radius 3 is 2.62 bits per heavy atom. The third kappa shape index (κ3) is 4.34. The Balaban J connectivity index is 0.00000245. The third-order valence-electron chi connectivity index (χ3n) is 7.99. The van der Waals surface area contributed by atoms with Crippen molar-refractivity contribution in [2.75, 3.05) is 19.6 Å². The van der Waals surface area contributed by atoms with E-state index in [9.17, 15) is 14.4 Å². The van der Waals surface area contributed by atoms with Gasteiger partial charge in [-0.2, -0.15) is 0 Å². The van der Waals surface area contributed by atoms with E-state index in [1.807, 2.05) is 21.6 Å². The SMILES string of the molecule is C[C@H]1CC[C@@H](C(=O)N2C[C@H]3C[C@@H](C2)[C@H](CNC(=O)C2CCCC2)n2c3cccc2=O)N1.Cl. The van der Waals surface area contributed by atoms with Gasteiger partial charge in [0.1, 0.15) is 0 Å². The smallest absolute Gasteiger partial charge is 0.251 e. The highest BCUT2D eigenvalue weighted by Crippen LogP contribution is 2.41. The van der Waals surface area contributed by atoms with Crippen molar-refractivity contribution in [3.63, 3.8) is 0 Å². The molecule has 0 radical (unpaired) electrons. The van der Waals surface area contributed by atoms with Gasteiger partial charge in [-0.3, -0.25) is 14.4 Å². The number of hydrogen-bond acceptors (Lipinski definition) is 4. The first-order chi connectivity index (χ1) is 15.0. The fourth-order valence-electron chi connectivity index (χ4n) is 6.36. The lowest BCUT2D eigenvalue weighted by molar-refractivity contribution is -0.136. The Morgan fingerprint density at radius 1 is 1.12 bits per heavy atom. The molecule has 2 saturated heterocycles. The lowest BCUT2D eigenvalue weighted by atomic mass is 9.78. The standard InChI is InChI=1S/C24H34N4O3.ClH/c1-15-9-10-19(26-15)24(31)27-13-17-11-18(14-27)21(28-20(17)7-4-8-22(28)29)12-25-23(30)16-5-2-3-6-16;/h4,7-8,15-19,21,26H,2-3,5-6,9-14H2,1H3,(H,25,30);1H/t15-,17+,18-,19-,21-;/m0./s1. The third-order valence-corrected chi connectivity index (χ3v) is 7.99. The molecule has 0 spiro atoms. The summed E-state index contributed by atoms with van der Waals surface area (Å²) in [5, 5.41) is 6.58. The van der Waals surface area contributed by atoms with Crippen LogP contribution in [0.3, 0.4) is 0 Å². The Morgan fingerprint density at radius 2 is 1.91 bits per heavy atom. The van der Waals surface area contributed by atoms with Crippen LogP contribution >= 0.6 is 12.4 Å². The number of halogens is 1. The largest absolute Gasteiger partial charge is 0.354 e. The second-order valence-corrected chi connectivity index (χ2v) is 10.1. The predicted octanol–water partition coefficient (Wildman–Crippen LogP) is 2.20. The molecule has 5 rings (SSSR count). The first kappa shape index (κ1) is 23.3. The zero-order valence-corrected chi connectivity index (χ0v) is 19.6. The van der Waals surface area contributed by atoms with E-state index < -0.39 is 0 Å². The van der Waals surface area contributed by atoms with Crippen molar-refractivity contribution in [2.45, 2.75) is 75.9 Å². The van der Waals surface area contributed by atoms with E-state index in [2.05, 4.69) is 17.6 Å². The number of carbonyl (C=O) groups excluding carboxylic acids is 2. The number of fused-ring (bicyclic) bond motifs is 4. The molecule has 8 heteroatoms. The van der Waals surface area contributed by atoms with Crippen molar-refractivity contribution in [2.24, 2.45) is 11.8 Å². The minimum Gasteiger partial charge on any atom is -0.354 e. The number of rotatable bonds is 4. The zero-order chi connectivity index (χ0) is 21.5. The summed E-state index contributed by atoms with van der Waals surface area (Å²) in [6, 6.07) is 5.66. The van der Waals surface area contributed by atoms with Gasteiger partial charge in [-0.15, -0.1) is 12.4 Å². The molecular formula is C24H35ClN4O3. The van der Waals surface area contributed by atoms with Crippen molar-refractivity contribution in [1.29, 1.82) is 0 Å². The van der Waals surface area contributed by atoms with E-state index in [4.69, 9.17) is 0 Å². The summed E-state index contributed by atoms with van der Waals surface area (Å²) in [5.41, 5.74) is 1.01. The average Bonchev–Trinajstić information content (AvgIpc) is 3.45. The highest BCUT2D eigenvalue weighted by molar-refractivity contribution is 5.85. The van der Waals surface area contributed by atoms with Gasteiger partial charge in [0.2, 0.25) is 11.8 Å². The van der Waals surface area contributed by atoms with Crippen LogP contribution in [0.2, 0.25) is 0 Å². The number of carbonyl (C=O) groups is 2. The summed E-state index contributed by atoms with van der Waals surface area (Å²) in [4.78, 5) is 40.7. The fourth-order valence-corrected chi connectivity index (χ4v) is 6.36. The minimum atomic E-state index is -0.101. The lowest BCUT2D eigenvalue weighted by Gasteiger charge is -2.47.